The van der Waals surface area contributed by atoms with Gasteiger partial charge in [0.1, 0.15) is 6.04 Å². The SMILES string of the molecule is O=CN(C1CC1)C(CCc1ccccc1)C(=O)O. The van der Waals surface area contributed by atoms with Crippen LogP contribution in [-0.4, -0.2) is 34.5 Å². The molecule has 1 N–H and O–H groups in total. The van der Waals surface area contributed by atoms with Crippen molar-refractivity contribution in [1.29, 1.82) is 0 Å². The highest BCUT2D eigenvalue weighted by molar-refractivity contribution is 5.76. The van der Waals surface area contributed by atoms with Gasteiger partial charge in [-0.3, -0.25) is 4.79 Å². The van der Waals surface area contributed by atoms with Crippen LogP contribution in [0.15, 0.2) is 30.3 Å². The Morgan fingerprint density at radius 2 is 2.06 bits per heavy atom. The lowest BCUT2D eigenvalue weighted by atomic mass is 10.0. The first-order chi connectivity index (χ1) is 8.72. The quantitative estimate of drug-likeness (QED) is 0.746. The molecule has 1 saturated carbocycles. The van der Waals surface area contributed by atoms with Crippen LogP contribution in [0.1, 0.15) is 24.8 Å². The van der Waals surface area contributed by atoms with Gasteiger partial charge in [0.15, 0.2) is 0 Å². The Bertz CT molecular complexity index is 414. The minimum atomic E-state index is -0.912. The third-order valence-corrected chi connectivity index (χ3v) is 3.28. The van der Waals surface area contributed by atoms with Crippen molar-refractivity contribution in [2.75, 3.05) is 0 Å². The molecule has 0 aliphatic heterocycles. The van der Waals surface area contributed by atoms with Crippen LogP contribution >= 0.6 is 0 Å². The van der Waals surface area contributed by atoms with E-state index in [1.54, 1.807) is 0 Å². The van der Waals surface area contributed by atoms with E-state index in [0.29, 0.717) is 19.3 Å². The second-order valence-corrected chi connectivity index (χ2v) is 4.66. The second-order valence-electron chi connectivity index (χ2n) is 4.66. The number of carbonyl (C=O) groups excluding carboxylic acids is 1. The molecule has 1 fully saturated rings. The third kappa shape index (κ3) is 3.09. The number of hydrogen-bond donors (Lipinski definition) is 1. The number of carboxylic acid groups (broad SMARTS) is 1. The molecule has 1 aromatic rings. The van der Waals surface area contributed by atoms with E-state index >= 15 is 0 Å². The highest BCUT2D eigenvalue weighted by Gasteiger charge is 2.36. The predicted molar refractivity (Wildman–Crippen MR) is 67.1 cm³/mol. The second kappa shape index (κ2) is 5.67. The monoisotopic (exact) mass is 247 g/mol. The number of carboxylic acids is 1. The van der Waals surface area contributed by atoms with Gasteiger partial charge in [0.05, 0.1) is 0 Å². The van der Waals surface area contributed by atoms with Crippen LogP contribution in [0.4, 0.5) is 0 Å². The molecule has 1 aliphatic rings. The number of rotatable bonds is 7. The molecule has 1 aromatic carbocycles. The molecule has 18 heavy (non-hydrogen) atoms. The molecular weight excluding hydrogens is 230 g/mol. The summed E-state index contributed by atoms with van der Waals surface area (Å²) in [5, 5.41) is 9.23. The largest absolute Gasteiger partial charge is 0.480 e. The first kappa shape index (κ1) is 12.6. The Balaban J connectivity index is 1.98. The smallest absolute Gasteiger partial charge is 0.326 e. The first-order valence-corrected chi connectivity index (χ1v) is 6.22. The van der Waals surface area contributed by atoms with Crippen molar-refractivity contribution in [3.63, 3.8) is 0 Å². The maximum atomic E-state index is 11.3. The Morgan fingerprint density at radius 3 is 2.56 bits per heavy atom. The third-order valence-electron chi connectivity index (χ3n) is 3.28. The summed E-state index contributed by atoms with van der Waals surface area (Å²) >= 11 is 0. The van der Waals surface area contributed by atoms with E-state index in [4.69, 9.17) is 0 Å². The molecule has 0 heterocycles. The molecular formula is C14H17NO3. The van der Waals surface area contributed by atoms with E-state index in [9.17, 15) is 14.7 Å². The van der Waals surface area contributed by atoms with Crippen LogP contribution < -0.4 is 0 Å². The summed E-state index contributed by atoms with van der Waals surface area (Å²) in [7, 11) is 0. The van der Waals surface area contributed by atoms with Gasteiger partial charge in [0.25, 0.3) is 0 Å². The summed E-state index contributed by atoms with van der Waals surface area (Å²) in [4.78, 5) is 23.7. The van der Waals surface area contributed by atoms with Gasteiger partial charge < -0.3 is 10.0 Å². The van der Waals surface area contributed by atoms with Crippen molar-refractivity contribution in [2.45, 2.75) is 37.8 Å². The van der Waals surface area contributed by atoms with Crippen LogP contribution in [-0.2, 0) is 16.0 Å². The van der Waals surface area contributed by atoms with Gasteiger partial charge >= 0.3 is 5.97 Å². The molecule has 1 aliphatic carbocycles. The summed E-state index contributed by atoms with van der Waals surface area (Å²) in [5.41, 5.74) is 1.10. The van der Waals surface area contributed by atoms with Crippen molar-refractivity contribution in [3.8, 4) is 0 Å². The normalized spacial score (nSPS) is 16.0. The highest BCUT2D eigenvalue weighted by Crippen LogP contribution is 2.28. The Labute approximate surface area is 106 Å². The van der Waals surface area contributed by atoms with Gasteiger partial charge in [-0.15, -0.1) is 0 Å². The zero-order valence-electron chi connectivity index (χ0n) is 10.2. The summed E-state index contributed by atoms with van der Waals surface area (Å²) in [6, 6.07) is 9.19. The van der Waals surface area contributed by atoms with Crippen LogP contribution in [0, 0.1) is 0 Å². The highest BCUT2D eigenvalue weighted by atomic mass is 16.4. The fraction of sp³-hybridized carbons (Fsp3) is 0.429. The van der Waals surface area contributed by atoms with Crippen LogP contribution in [0.5, 0.6) is 0 Å². The maximum Gasteiger partial charge on any atom is 0.326 e. The van der Waals surface area contributed by atoms with Gasteiger partial charge in [-0.1, -0.05) is 30.3 Å². The van der Waals surface area contributed by atoms with Gasteiger partial charge in [-0.05, 0) is 31.2 Å². The van der Waals surface area contributed by atoms with Crippen LogP contribution in [0.3, 0.4) is 0 Å². The molecule has 4 nitrogen and oxygen atoms in total. The van der Waals surface area contributed by atoms with Crippen LogP contribution in [0.2, 0.25) is 0 Å². The van der Waals surface area contributed by atoms with E-state index in [-0.39, 0.29) is 6.04 Å². The van der Waals surface area contributed by atoms with Gasteiger partial charge in [0, 0.05) is 6.04 Å². The standard InChI is InChI=1S/C14H17NO3/c16-10-15(12-7-8-12)13(14(17)18)9-6-11-4-2-1-3-5-11/h1-5,10,12-13H,6-9H2,(H,17,18). The lowest BCUT2D eigenvalue weighted by Gasteiger charge is -2.24. The Morgan fingerprint density at radius 1 is 1.39 bits per heavy atom. The minimum absolute atomic E-state index is 0.138. The minimum Gasteiger partial charge on any atom is -0.480 e. The van der Waals surface area contributed by atoms with Crippen LogP contribution in [0.25, 0.3) is 0 Å². The Kier molecular flexibility index (Phi) is 3.97. The van der Waals surface area contributed by atoms with Crippen molar-refractivity contribution in [1.82, 2.24) is 4.90 Å². The lowest BCUT2D eigenvalue weighted by molar-refractivity contribution is -0.147. The number of aryl methyl sites for hydroxylation is 1. The Hall–Kier alpha value is -1.84. The van der Waals surface area contributed by atoms with Gasteiger partial charge in [-0.25, -0.2) is 4.79 Å². The fourth-order valence-corrected chi connectivity index (χ4v) is 2.13. The molecule has 1 amide bonds. The van der Waals surface area contributed by atoms with Gasteiger partial charge in [-0.2, -0.15) is 0 Å². The van der Waals surface area contributed by atoms with E-state index < -0.39 is 12.0 Å². The zero-order chi connectivity index (χ0) is 13.0. The molecule has 0 spiro atoms. The van der Waals surface area contributed by atoms with E-state index in [2.05, 4.69) is 0 Å². The number of hydrogen-bond acceptors (Lipinski definition) is 2. The average Bonchev–Trinajstić information content (AvgIpc) is 3.19. The number of carbonyl (C=O) groups is 2. The van der Waals surface area contributed by atoms with E-state index in [0.717, 1.165) is 18.4 Å². The van der Waals surface area contributed by atoms with Crippen molar-refractivity contribution >= 4 is 12.4 Å². The summed E-state index contributed by atoms with van der Waals surface area (Å²) in [6.07, 6.45) is 3.67. The van der Waals surface area contributed by atoms with Crippen molar-refractivity contribution in [3.05, 3.63) is 35.9 Å². The number of amides is 1. The van der Waals surface area contributed by atoms with E-state index in [1.165, 1.54) is 4.90 Å². The zero-order valence-corrected chi connectivity index (χ0v) is 10.2. The van der Waals surface area contributed by atoms with E-state index in [1.807, 2.05) is 30.3 Å². The molecule has 0 bridgehead atoms. The molecule has 2 rings (SSSR count). The number of aliphatic carboxylic acids is 1. The van der Waals surface area contributed by atoms with Crippen molar-refractivity contribution in [2.24, 2.45) is 0 Å². The molecule has 96 valence electrons. The fourth-order valence-electron chi connectivity index (χ4n) is 2.13. The average molecular weight is 247 g/mol. The first-order valence-electron chi connectivity index (χ1n) is 6.22. The lowest BCUT2D eigenvalue weighted by Crippen LogP contribution is -2.42. The molecule has 0 aromatic heterocycles. The number of nitrogens with zero attached hydrogens (tertiary/aromatic N) is 1. The maximum absolute atomic E-state index is 11.3. The predicted octanol–water partition coefficient (Wildman–Crippen LogP) is 1.69. The summed E-state index contributed by atoms with van der Waals surface area (Å²) in [6.45, 7) is 0. The molecule has 0 radical (unpaired) electrons. The summed E-state index contributed by atoms with van der Waals surface area (Å²) in [5.74, 6) is -0.912. The molecule has 0 saturated heterocycles. The summed E-state index contributed by atoms with van der Waals surface area (Å²) < 4.78 is 0. The molecule has 1 atom stereocenters. The molecule has 4 heteroatoms. The van der Waals surface area contributed by atoms with Gasteiger partial charge in [0.2, 0.25) is 6.41 Å². The number of benzene rings is 1. The topological polar surface area (TPSA) is 57.6 Å². The molecule has 1 unspecified atom stereocenters. The van der Waals surface area contributed by atoms with Crippen molar-refractivity contribution < 1.29 is 14.7 Å².